The zero-order valence-corrected chi connectivity index (χ0v) is 15.1. The Morgan fingerprint density at radius 1 is 1.08 bits per heavy atom. The summed E-state index contributed by atoms with van der Waals surface area (Å²) in [6.45, 7) is 8.92. The summed E-state index contributed by atoms with van der Waals surface area (Å²) in [6.07, 6.45) is 2.02. The number of carbonyl (C=O) groups is 2. The molecule has 6 nitrogen and oxygen atoms in total. The van der Waals surface area contributed by atoms with Crippen molar-refractivity contribution in [3.8, 4) is 0 Å². The number of rotatable bonds is 3. The smallest absolute Gasteiger partial charge is 0.317 e. The lowest BCUT2D eigenvalue weighted by atomic mass is 10.0. The number of benzene rings is 1. The summed E-state index contributed by atoms with van der Waals surface area (Å²) in [5.74, 6) is 0.0801. The van der Waals surface area contributed by atoms with Crippen LogP contribution < -0.4 is 5.32 Å². The van der Waals surface area contributed by atoms with E-state index in [0.717, 1.165) is 16.5 Å². The number of hydrogen-bond donors (Lipinski definition) is 1. The first kappa shape index (κ1) is 17.3. The van der Waals surface area contributed by atoms with Crippen molar-refractivity contribution < 1.29 is 14.0 Å². The van der Waals surface area contributed by atoms with Crippen molar-refractivity contribution in [1.29, 1.82) is 0 Å². The lowest BCUT2D eigenvalue weighted by Crippen LogP contribution is -2.53. The van der Waals surface area contributed by atoms with E-state index < -0.39 is 0 Å². The second-order valence-electron chi connectivity index (χ2n) is 6.57. The Morgan fingerprint density at radius 3 is 2.40 bits per heavy atom. The summed E-state index contributed by atoms with van der Waals surface area (Å²) in [5.41, 5.74) is 4.13. The number of fused-ring (bicyclic) bond motifs is 1. The molecule has 3 amide bonds. The van der Waals surface area contributed by atoms with Gasteiger partial charge in [0.2, 0.25) is 5.91 Å². The third-order valence-corrected chi connectivity index (χ3v) is 4.86. The number of amides is 3. The van der Waals surface area contributed by atoms with Gasteiger partial charge in [0.15, 0.2) is 0 Å². The molecule has 1 aromatic carbocycles. The zero-order chi connectivity index (χ0) is 18.0. The van der Waals surface area contributed by atoms with Crippen molar-refractivity contribution in [3.05, 3.63) is 35.1 Å². The standard InChI is InChI=1S/C19H25N3O3/c1-4-20-19(24)22-7-5-21(6-8-22)18(23)11-15-12-25-17-10-14(3)13(2)9-16(15)17/h9-10,12H,4-8,11H2,1-3H3,(H,20,24). The molecular formula is C19H25N3O3. The third-order valence-electron chi connectivity index (χ3n) is 4.86. The Labute approximate surface area is 147 Å². The van der Waals surface area contributed by atoms with E-state index in [9.17, 15) is 9.59 Å². The van der Waals surface area contributed by atoms with Gasteiger partial charge in [-0.2, -0.15) is 0 Å². The van der Waals surface area contributed by atoms with Crippen LogP contribution in [0.3, 0.4) is 0 Å². The number of urea groups is 1. The van der Waals surface area contributed by atoms with Crippen LogP contribution in [0.1, 0.15) is 23.6 Å². The molecule has 2 heterocycles. The molecule has 3 rings (SSSR count). The second-order valence-corrected chi connectivity index (χ2v) is 6.57. The molecule has 6 heteroatoms. The van der Waals surface area contributed by atoms with Gasteiger partial charge in [-0.05, 0) is 44.0 Å². The number of piperazine rings is 1. The Balaban J connectivity index is 1.64. The third kappa shape index (κ3) is 3.62. The monoisotopic (exact) mass is 343 g/mol. The van der Waals surface area contributed by atoms with Crippen LogP contribution in [0.2, 0.25) is 0 Å². The average molecular weight is 343 g/mol. The average Bonchev–Trinajstić information content (AvgIpc) is 2.97. The van der Waals surface area contributed by atoms with E-state index in [-0.39, 0.29) is 11.9 Å². The predicted octanol–water partition coefficient (Wildman–Crippen LogP) is 2.47. The van der Waals surface area contributed by atoms with Gasteiger partial charge in [0.1, 0.15) is 5.58 Å². The van der Waals surface area contributed by atoms with Crippen LogP contribution in [-0.4, -0.2) is 54.5 Å². The molecule has 1 fully saturated rings. The van der Waals surface area contributed by atoms with Crippen molar-refractivity contribution in [2.45, 2.75) is 27.2 Å². The maximum absolute atomic E-state index is 12.6. The van der Waals surface area contributed by atoms with Gasteiger partial charge in [-0.25, -0.2) is 4.79 Å². The molecule has 0 spiro atoms. The molecular weight excluding hydrogens is 318 g/mol. The van der Waals surface area contributed by atoms with E-state index in [0.29, 0.717) is 39.1 Å². The Bertz CT molecular complexity index is 789. The zero-order valence-electron chi connectivity index (χ0n) is 15.1. The van der Waals surface area contributed by atoms with E-state index in [4.69, 9.17) is 4.42 Å². The minimum atomic E-state index is -0.0544. The molecule has 1 aromatic heterocycles. The lowest BCUT2D eigenvalue weighted by molar-refractivity contribution is -0.131. The van der Waals surface area contributed by atoms with Gasteiger partial charge in [0.05, 0.1) is 12.7 Å². The van der Waals surface area contributed by atoms with E-state index in [1.165, 1.54) is 11.1 Å². The Morgan fingerprint density at radius 2 is 1.72 bits per heavy atom. The molecule has 2 aromatic rings. The Kier molecular flexibility index (Phi) is 4.97. The molecule has 1 aliphatic rings. The fourth-order valence-electron chi connectivity index (χ4n) is 3.17. The fraction of sp³-hybridized carbons (Fsp3) is 0.474. The van der Waals surface area contributed by atoms with Crippen molar-refractivity contribution in [2.75, 3.05) is 32.7 Å². The summed E-state index contributed by atoms with van der Waals surface area (Å²) < 4.78 is 5.62. The molecule has 25 heavy (non-hydrogen) atoms. The van der Waals surface area contributed by atoms with Gasteiger partial charge in [0, 0.05) is 43.7 Å². The van der Waals surface area contributed by atoms with E-state index >= 15 is 0 Å². The molecule has 134 valence electrons. The van der Waals surface area contributed by atoms with Crippen LogP contribution >= 0.6 is 0 Å². The SMILES string of the molecule is CCNC(=O)N1CCN(C(=O)Cc2coc3cc(C)c(C)cc23)CC1. The molecule has 1 N–H and O–H groups in total. The maximum Gasteiger partial charge on any atom is 0.317 e. The minimum absolute atomic E-state index is 0.0544. The molecule has 0 radical (unpaired) electrons. The molecule has 1 saturated heterocycles. The van der Waals surface area contributed by atoms with E-state index in [1.807, 2.05) is 17.9 Å². The second kappa shape index (κ2) is 7.17. The number of aryl methyl sites for hydroxylation is 2. The van der Waals surface area contributed by atoms with E-state index in [1.54, 1.807) is 11.2 Å². The quantitative estimate of drug-likeness (QED) is 0.931. The highest BCUT2D eigenvalue weighted by Crippen LogP contribution is 2.25. The van der Waals surface area contributed by atoms with Gasteiger partial charge >= 0.3 is 6.03 Å². The van der Waals surface area contributed by atoms with Crippen molar-refractivity contribution in [3.63, 3.8) is 0 Å². The first-order chi connectivity index (χ1) is 12.0. The molecule has 0 saturated carbocycles. The first-order valence-electron chi connectivity index (χ1n) is 8.77. The highest BCUT2D eigenvalue weighted by molar-refractivity contribution is 5.88. The molecule has 0 atom stereocenters. The van der Waals surface area contributed by atoms with E-state index in [2.05, 4.69) is 25.2 Å². The van der Waals surface area contributed by atoms with Gasteiger partial charge in [-0.1, -0.05) is 0 Å². The number of furan rings is 1. The topological polar surface area (TPSA) is 65.8 Å². The van der Waals surface area contributed by atoms with Crippen molar-refractivity contribution in [2.24, 2.45) is 0 Å². The number of nitrogens with zero attached hydrogens (tertiary/aromatic N) is 2. The van der Waals surface area contributed by atoms with Gasteiger partial charge in [-0.15, -0.1) is 0 Å². The number of hydrogen-bond acceptors (Lipinski definition) is 3. The summed E-state index contributed by atoms with van der Waals surface area (Å²) in [6, 6.07) is 4.05. The summed E-state index contributed by atoms with van der Waals surface area (Å²) in [4.78, 5) is 28.0. The maximum atomic E-state index is 12.6. The number of nitrogens with one attached hydrogen (secondary N) is 1. The lowest BCUT2D eigenvalue weighted by Gasteiger charge is -2.34. The van der Waals surface area contributed by atoms with Crippen molar-refractivity contribution in [1.82, 2.24) is 15.1 Å². The minimum Gasteiger partial charge on any atom is -0.464 e. The van der Waals surface area contributed by atoms with Gasteiger partial charge < -0.3 is 19.5 Å². The number of carbonyl (C=O) groups excluding carboxylic acids is 2. The van der Waals surface area contributed by atoms with Gasteiger partial charge in [-0.3, -0.25) is 4.79 Å². The highest BCUT2D eigenvalue weighted by atomic mass is 16.3. The van der Waals surface area contributed by atoms with Crippen LogP contribution in [0.5, 0.6) is 0 Å². The predicted molar refractivity (Wildman–Crippen MR) is 96.6 cm³/mol. The largest absolute Gasteiger partial charge is 0.464 e. The van der Waals surface area contributed by atoms with Gasteiger partial charge in [0.25, 0.3) is 0 Å². The molecule has 0 aliphatic carbocycles. The molecule has 0 unspecified atom stereocenters. The Hall–Kier alpha value is -2.50. The van der Waals surface area contributed by atoms with Crippen LogP contribution in [0.4, 0.5) is 4.79 Å². The molecule has 1 aliphatic heterocycles. The summed E-state index contributed by atoms with van der Waals surface area (Å²) in [7, 11) is 0. The normalized spacial score (nSPS) is 14.8. The first-order valence-corrected chi connectivity index (χ1v) is 8.77. The highest BCUT2D eigenvalue weighted by Gasteiger charge is 2.24. The fourth-order valence-corrected chi connectivity index (χ4v) is 3.17. The van der Waals surface area contributed by atoms with Crippen LogP contribution in [0.25, 0.3) is 11.0 Å². The van der Waals surface area contributed by atoms with Crippen LogP contribution in [0.15, 0.2) is 22.8 Å². The van der Waals surface area contributed by atoms with Crippen LogP contribution in [-0.2, 0) is 11.2 Å². The summed E-state index contributed by atoms with van der Waals surface area (Å²) >= 11 is 0. The summed E-state index contributed by atoms with van der Waals surface area (Å²) in [5, 5.41) is 3.81. The van der Waals surface area contributed by atoms with Crippen LogP contribution in [0, 0.1) is 13.8 Å². The molecule has 0 bridgehead atoms. The van der Waals surface area contributed by atoms with Crippen molar-refractivity contribution >= 4 is 22.9 Å².